The molecule has 0 aliphatic carbocycles. The van der Waals surface area contributed by atoms with Crippen molar-refractivity contribution in [2.45, 2.75) is 18.9 Å². The Morgan fingerprint density at radius 1 is 1.19 bits per heavy atom. The molecule has 3 amide bonds. The summed E-state index contributed by atoms with van der Waals surface area (Å²) in [6.45, 7) is 1.75. The van der Waals surface area contributed by atoms with E-state index in [1.165, 1.54) is 34.3 Å². The first kappa shape index (κ1) is 20.5. The molecule has 0 radical (unpaired) electrons. The predicted octanol–water partition coefficient (Wildman–Crippen LogP) is 1.80. The predicted molar refractivity (Wildman–Crippen MR) is 108 cm³/mol. The minimum atomic E-state index is -0.368. The lowest BCUT2D eigenvalue weighted by Gasteiger charge is -2.33. The number of amides is 3. The number of carbonyl (C=O) groups excluding carboxylic acids is 2. The molecule has 2 aromatic rings. The number of nitriles is 1. The van der Waals surface area contributed by atoms with Gasteiger partial charge in [-0.25, -0.2) is 19.2 Å². The molecule has 3 heterocycles. The topological polar surface area (TPSA) is 103 Å². The summed E-state index contributed by atoms with van der Waals surface area (Å²) in [5.41, 5.74) is 0.708. The number of nitrogens with zero attached hydrogens (tertiary/aromatic N) is 6. The van der Waals surface area contributed by atoms with Crippen molar-refractivity contribution in [2.75, 3.05) is 37.6 Å². The molecule has 10 heteroatoms. The Bertz CT molecular complexity index is 1010. The lowest BCUT2D eigenvalue weighted by atomic mass is 10.1. The number of hydrogen-bond acceptors (Lipinski definition) is 6. The highest BCUT2D eigenvalue weighted by atomic mass is 19.1. The normalized spacial score (nSPS) is 18.8. The highest BCUT2D eigenvalue weighted by Gasteiger charge is 2.33. The average Bonchev–Trinajstić information content (AvgIpc) is 3.15. The fraction of sp³-hybridized carbons (Fsp3) is 0.381. The van der Waals surface area contributed by atoms with Gasteiger partial charge in [0.2, 0.25) is 11.6 Å². The zero-order chi connectivity index (χ0) is 21.8. The van der Waals surface area contributed by atoms with E-state index in [9.17, 15) is 14.0 Å². The molecule has 1 unspecified atom stereocenters. The first-order chi connectivity index (χ1) is 15.0. The van der Waals surface area contributed by atoms with Crippen molar-refractivity contribution in [2.24, 2.45) is 0 Å². The molecule has 31 heavy (non-hydrogen) atoms. The van der Waals surface area contributed by atoms with Crippen LogP contribution in [0.15, 0.2) is 36.7 Å². The fourth-order valence-corrected chi connectivity index (χ4v) is 3.76. The molecule has 2 aliphatic heterocycles. The van der Waals surface area contributed by atoms with Gasteiger partial charge < -0.3 is 14.5 Å². The molecule has 1 aromatic carbocycles. The number of halogens is 1. The van der Waals surface area contributed by atoms with Gasteiger partial charge in [-0.15, -0.1) is 0 Å². The maximum absolute atomic E-state index is 13.1. The van der Waals surface area contributed by atoms with Crippen molar-refractivity contribution in [1.82, 2.24) is 19.8 Å². The third-order valence-electron chi connectivity index (χ3n) is 5.34. The van der Waals surface area contributed by atoms with Gasteiger partial charge in [-0.3, -0.25) is 9.69 Å². The van der Waals surface area contributed by atoms with Gasteiger partial charge in [-0.05, 0) is 37.1 Å². The molecule has 0 saturated carbocycles. The Morgan fingerprint density at radius 3 is 2.74 bits per heavy atom. The second-order valence-electron chi connectivity index (χ2n) is 7.38. The van der Waals surface area contributed by atoms with Crippen LogP contribution in [0.25, 0.3) is 0 Å². The molecule has 2 fully saturated rings. The summed E-state index contributed by atoms with van der Waals surface area (Å²) in [5, 5.41) is 9.13. The summed E-state index contributed by atoms with van der Waals surface area (Å²) in [6, 6.07) is 7.38. The third-order valence-corrected chi connectivity index (χ3v) is 5.34. The summed E-state index contributed by atoms with van der Waals surface area (Å²) in [4.78, 5) is 38.2. The molecule has 0 spiro atoms. The van der Waals surface area contributed by atoms with Gasteiger partial charge in [-0.2, -0.15) is 5.26 Å². The van der Waals surface area contributed by atoms with Crippen LogP contribution in [0.2, 0.25) is 0 Å². The van der Waals surface area contributed by atoms with Crippen LogP contribution >= 0.6 is 0 Å². The van der Waals surface area contributed by atoms with Crippen molar-refractivity contribution in [3.8, 4) is 11.9 Å². The standard InChI is InChI=1S/C21H21FN6O3/c22-15-3-5-16(6-4-15)28-11-10-27(21(28)30)14-19(29)26-9-1-2-17(13-26)31-20-18(12-23)24-7-8-25-20/h3-8,17H,1-2,9-11,13-14H2. The number of piperidine rings is 1. The number of likely N-dealkylation sites (tertiary alicyclic amines) is 1. The van der Waals surface area contributed by atoms with Gasteiger partial charge in [0.05, 0.1) is 6.54 Å². The molecule has 0 bridgehead atoms. The summed E-state index contributed by atoms with van der Waals surface area (Å²) < 4.78 is 19.0. The van der Waals surface area contributed by atoms with E-state index in [1.807, 2.05) is 6.07 Å². The van der Waals surface area contributed by atoms with Gasteiger partial charge in [-0.1, -0.05) is 0 Å². The van der Waals surface area contributed by atoms with Crippen LogP contribution in [-0.2, 0) is 4.79 Å². The van der Waals surface area contributed by atoms with Crippen LogP contribution in [-0.4, -0.2) is 70.5 Å². The van der Waals surface area contributed by atoms with Crippen LogP contribution in [0.1, 0.15) is 18.5 Å². The van der Waals surface area contributed by atoms with Gasteiger partial charge >= 0.3 is 6.03 Å². The number of ether oxygens (including phenoxy) is 1. The summed E-state index contributed by atoms with van der Waals surface area (Å²) in [5.74, 6) is -0.371. The Morgan fingerprint density at radius 2 is 1.97 bits per heavy atom. The Balaban J connectivity index is 1.35. The van der Waals surface area contributed by atoms with E-state index in [-0.39, 0.29) is 42.0 Å². The lowest BCUT2D eigenvalue weighted by Crippen LogP contribution is -2.48. The highest BCUT2D eigenvalue weighted by molar-refractivity contribution is 5.96. The van der Waals surface area contributed by atoms with Crippen molar-refractivity contribution in [3.05, 3.63) is 48.2 Å². The number of carbonyl (C=O) groups is 2. The second-order valence-corrected chi connectivity index (χ2v) is 7.38. The Labute approximate surface area is 178 Å². The van der Waals surface area contributed by atoms with Crippen LogP contribution in [0.5, 0.6) is 5.88 Å². The first-order valence-electron chi connectivity index (χ1n) is 10.0. The quantitative estimate of drug-likeness (QED) is 0.725. The fourth-order valence-electron chi connectivity index (χ4n) is 3.76. The summed E-state index contributed by atoms with van der Waals surface area (Å²) >= 11 is 0. The molecule has 1 atom stereocenters. The smallest absolute Gasteiger partial charge is 0.325 e. The molecule has 160 valence electrons. The minimum absolute atomic E-state index is 0.0299. The van der Waals surface area contributed by atoms with Crippen LogP contribution in [0.3, 0.4) is 0 Å². The van der Waals surface area contributed by atoms with E-state index in [2.05, 4.69) is 9.97 Å². The number of anilines is 1. The molecule has 9 nitrogen and oxygen atoms in total. The monoisotopic (exact) mass is 424 g/mol. The number of hydrogen-bond donors (Lipinski definition) is 0. The maximum Gasteiger partial charge on any atom is 0.325 e. The highest BCUT2D eigenvalue weighted by Crippen LogP contribution is 2.22. The van der Waals surface area contributed by atoms with E-state index in [0.29, 0.717) is 31.9 Å². The number of aromatic nitrogens is 2. The molecule has 2 saturated heterocycles. The zero-order valence-corrected chi connectivity index (χ0v) is 16.8. The molecule has 2 aliphatic rings. The van der Waals surface area contributed by atoms with Crippen LogP contribution in [0.4, 0.5) is 14.9 Å². The number of rotatable bonds is 5. The average molecular weight is 424 g/mol. The minimum Gasteiger partial charge on any atom is -0.470 e. The van der Waals surface area contributed by atoms with Crippen molar-refractivity contribution in [3.63, 3.8) is 0 Å². The lowest BCUT2D eigenvalue weighted by molar-refractivity contribution is -0.134. The van der Waals surface area contributed by atoms with E-state index in [1.54, 1.807) is 17.0 Å². The van der Waals surface area contributed by atoms with E-state index in [0.717, 1.165) is 12.8 Å². The van der Waals surface area contributed by atoms with E-state index in [4.69, 9.17) is 10.00 Å². The first-order valence-corrected chi connectivity index (χ1v) is 10.0. The Kier molecular flexibility index (Phi) is 5.93. The van der Waals surface area contributed by atoms with Gasteiger partial charge in [0.1, 0.15) is 24.5 Å². The maximum atomic E-state index is 13.1. The van der Waals surface area contributed by atoms with E-state index >= 15 is 0 Å². The third kappa shape index (κ3) is 4.55. The molecular formula is C21H21FN6O3. The van der Waals surface area contributed by atoms with Crippen molar-refractivity contribution in [1.29, 1.82) is 5.26 Å². The largest absolute Gasteiger partial charge is 0.470 e. The Hall–Kier alpha value is -3.74. The number of benzene rings is 1. The molecule has 0 N–H and O–H groups in total. The van der Waals surface area contributed by atoms with Gasteiger partial charge in [0.15, 0.2) is 0 Å². The van der Waals surface area contributed by atoms with Gasteiger partial charge in [0, 0.05) is 37.7 Å². The molecule has 4 rings (SSSR count). The van der Waals surface area contributed by atoms with Crippen LogP contribution < -0.4 is 9.64 Å². The number of urea groups is 1. The second kappa shape index (κ2) is 8.95. The summed E-state index contributed by atoms with van der Waals surface area (Å²) in [6.07, 6.45) is 4.05. The zero-order valence-electron chi connectivity index (χ0n) is 16.8. The van der Waals surface area contributed by atoms with E-state index < -0.39 is 0 Å². The molecule has 1 aromatic heterocycles. The summed E-state index contributed by atoms with van der Waals surface area (Å²) in [7, 11) is 0. The van der Waals surface area contributed by atoms with Crippen molar-refractivity contribution < 1.29 is 18.7 Å². The molecular weight excluding hydrogens is 403 g/mol. The van der Waals surface area contributed by atoms with Crippen LogP contribution in [0, 0.1) is 17.1 Å². The SMILES string of the molecule is N#Cc1nccnc1OC1CCCN(C(=O)CN2CCN(c3ccc(F)cc3)C2=O)C1. The van der Waals surface area contributed by atoms with Crippen molar-refractivity contribution >= 4 is 17.6 Å². The van der Waals surface area contributed by atoms with Gasteiger partial charge in [0.25, 0.3) is 5.88 Å².